The molecule has 172 valence electrons. The van der Waals surface area contributed by atoms with Gasteiger partial charge in [0.25, 0.3) is 0 Å². The summed E-state index contributed by atoms with van der Waals surface area (Å²) in [6.45, 7) is 8.14. The van der Waals surface area contributed by atoms with Crippen LogP contribution >= 0.6 is 0 Å². The predicted molar refractivity (Wildman–Crippen MR) is 114 cm³/mol. The maximum atomic E-state index is 13.2. The molecule has 0 spiro atoms. The smallest absolute Gasteiger partial charge is 0.312 e. The summed E-state index contributed by atoms with van der Waals surface area (Å²) in [5, 5.41) is 0. The van der Waals surface area contributed by atoms with Crippen LogP contribution in [0.5, 0.6) is 0 Å². The van der Waals surface area contributed by atoms with Gasteiger partial charge in [0, 0.05) is 24.1 Å². The molecule has 3 heterocycles. The maximum Gasteiger partial charge on any atom is 0.416 e. The van der Waals surface area contributed by atoms with Crippen LogP contribution in [0.4, 0.5) is 23.7 Å². The number of halogens is 3. The number of alkyl halides is 3. The Morgan fingerprint density at radius 2 is 1.84 bits per heavy atom. The fourth-order valence-corrected chi connectivity index (χ4v) is 3.76. The molecule has 3 rings (SSSR count). The molecule has 2 aromatic heterocycles. The van der Waals surface area contributed by atoms with Crippen molar-refractivity contribution in [2.45, 2.75) is 52.8 Å². The van der Waals surface area contributed by atoms with E-state index in [-0.39, 0.29) is 41.9 Å². The Balaban J connectivity index is 1.78. The number of carbonyl (C=O) groups is 2. The predicted octanol–water partition coefficient (Wildman–Crippen LogP) is 4.53. The average molecular weight is 448 g/mol. The quantitative estimate of drug-likeness (QED) is 0.652. The van der Waals surface area contributed by atoms with Gasteiger partial charge in [-0.1, -0.05) is 27.7 Å². The van der Waals surface area contributed by atoms with Gasteiger partial charge in [-0.15, -0.1) is 0 Å². The van der Waals surface area contributed by atoms with Gasteiger partial charge < -0.3 is 4.90 Å². The van der Waals surface area contributed by atoms with Crippen molar-refractivity contribution in [1.29, 1.82) is 0 Å². The first-order valence-corrected chi connectivity index (χ1v) is 10.5. The molecule has 0 radical (unpaired) electrons. The van der Waals surface area contributed by atoms with Gasteiger partial charge in [-0.25, -0.2) is 4.79 Å². The molecular weight excluding hydrogens is 421 g/mol. The van der Waals surface area contributed by atoms with Crippen LogP contribution in [0.2, 0.25) is 0 Å². The average Bonchev–Trinajstić information content (AvgIpc) is 3.04. The van der Waals surface area contributed by atoms with E-state index in [2.05, 4.69) is 9.97 Å². The van der Waals surface area contributed by atoms with Crippen LogP contribution in [0.15, 0.2) is 36.7 Å². The van der Waals surface area contributed by atoms with Gasteiger partial charge >= 0.3 is 12.2 Å². The largest absolute Gasteiger partial charge is 0.416 e. The number of urea groups is 1. The fourth-order valence-electron chi connectivity index (χ4n) is 3.76. The van der Waals surface area contributed by atoms with Gasteiger partial charge in [0.2, 0.25) is 0 Å². The van der Waals surface area contributed by atoms with E-state index in [1.165, 1.54) is 4.90 Å². The molecule has 6 nitrogen and oxygen atoms in total. The molecule has 1 fully saturated rings. The molecule has 0 aliphatic carbocycles. The third kappa shape index (κ3) is 5.26. The molecule has 9 heteroatoms. The molecule has 1 aliphatic rings. The highest BCUT2D eigenvalue weighted by atomic mass is 19.4. The van der Waals surface area contributed by atoms with Crippen LogP contribution < -0.4 is 4.90 Å². The minimum Gasteiger partial charge on any atom is -0.312 e. The SMILES string of the molecule is CCc1ccc(N2C[C@H](C(C)(C)C)N(CC(=O)Cc3cc(C(F)(F)F)ccn3)C2=O)cn1. The van der Waals surface area contributed by atoms with E-state index >= 15 is 0 Å². The minimum atomic E-state index is -4.51. The lowest BCUT2D eigenvalue weighted by Crippen LogP contribution is -2.45. The van der Waals surface area contributed by atoms with E-state index in [4.69, 9.17) is 0 Å². The Labute approximate surface area is 185 Å². The zero-order chi connectivity index (χ0) is 23.7. The van der Waals surface area contributed by atoms with Gasteiger partial charge in [-0.2, -0.15) is 13.2 Å². The number of amides is 2. The van der Waals surface area contributed by atoms with Gasteiger partial charge in [0.15, 0.2) is 5.78 Å². The van der Waals surface area contributed by atoms with Gasteiger partial charge in [0.1, 0.15) is 0 Å². The van der Waals surface area contributed by atoms with Gasteiger partial charge in [0.05, 0.1) is 36.5 Å². The molecular formula is C23H27F3N4O2. The molecule has 0 aromatic carbocycles. The lowest BCUT2D eigenvalue weighted by molar-refractivity contribution is -0.137. The summed E-state index contributed by atoms with van der Waals surface area (Å²) in [5.41, 5.74) is 0.425. The minimum absolute atomic E-state index is 0.0278. The summed E-state index contributed by atoms with van der Waals surface area (Å²) in [6.07, 6.45) is -1.32. The fraction of sp³-hybridized carbons (Fsp3) is 0.478. The maximum absolute atomic E-state index is 13.2. The summed E-state index contributed by atoms with van der Waals surface area (Å²) in [4.78, 5) is 37.3. The first-order valence-electron chi connectivity index (χ1n) is 10.5. The number of hydrogen-bond donors (Lipinski definition) is 0. The van der Waals surface area contributed by atoms with Crippen molar-refractivity contribution in [3.8, 4) is 0 Å². The Morgan fingerprint density at radius 3 is 2.41 bits per heavy atom. The molecule has 1 atom stereocenters. The van der Waals surface area contributed by atoms with Crippen LogP contribution in [-0.2, 0) is 23.8 Å². The van der Waals surface area contributed by atoms with Crippen molar-refractivity contribution in [2.75, 3.05) is 18.0 Å². The first-order chi connectivity index (χ1) is 14.9. The number of anilines is 1. The Morgan fingerprint density at radius 1 is 1.12 bits per heavy atom. The Hall–Kier alpha value is -2.97. The molecule has 1 aliphatic heterocycles. The number of pyridine rings is 2. The Kier molecular flexibility index (Phi) is 6.57. The van der Waals surface area contributed by atoms with Crippen molar-refractivity contribution in [1.82, 2.24) is 14.9 Å². The molecule has 32 heavy (non-hydrogen) atoms. The number of aryl methyl sites for hydroxylation is 1. The van der Waals surface area contributed by atoms with E-state index in [0.717, 1.165) is 30.4 Å². The van der Waals surface area contributed by atoms with Crippen molar-refractivity contribution in [2.24, 2.45) is 5.41 Å². The number of rotatable bonds is 6. The summed E-state index contributed by atoms with van der Waals surface area (Å²) in [6, 6.07) is 4.87. The van der Waals surface area contributed by atoms with Gasteiger partial charge in [-0.05, 0) is 36.1 Å². The van der Waals surface area contributed by atoms with E-state index in [0.29, 0.717) is 12.2 Å². The summed E-state index contributed by atoms with van der Waals surface area (Å²) in [5.74, 6) is -0.374. The van der Waals surface area contributed by atoms with Crippen LogP contribution in [0.25, 0.3) is 0 Å². The van der Waals surface area contributed by atoms with E-state index in [1.807, 2.05) is 39.8 Å². The first kappa shape index (κ1) is 23.7. The second-order valence-electron chi connectivity index (χ2n) is 9.01. The van der Waals surface area contributed by atoms with E-state index in [9.17, 15) is 22.8 Å². The van der Waals surface area contributed by atoms with Crippen LogP contribution in [-0.4, -0.2) is 45.8 Å². The zero-order valence-electron chi connectivity index (χ0n) is 18.6. The van der Waals surface area contributed by atoms with Crippen molar-refractivity contribution >= 4 is 17.5 Å². The van der Waals surface area contributed by atoms with E-state index in [1.54, 1.807) is 11.1 Å². The van der Waals surface area contributed by atoms with E-state index < -0.39 is 11.7 Å². The highest BCUT2D eigenvalue weighted by Gasteiger charge is 2.44. The monoisotopic (exact) mass is 448 g/mol. The van der Waals surface area contributed by atoms with Crippen molar-refractivity contribution < 1.29 is 22.8 Å². The highest BCUT2D eigenvalue weighted by Crippen LogP contribution is 2.33. The Bertz CT molecular complexity index is 984. The lowest BCUT2D eigenvalue weighted by atomic mass is 9.86. The lowest BCUT2D eigenvalue weighted by Gasteiger charge is -2.33. The number of ketones is 1. The molecule has 0 bridgehead atoms. The molecule has 1 saturated heterocycles. The zero-order valence-corrected chi connectivity index (χ0v) is 18.6. The van der Waals surface area contributed by atoms with Crippen LogP contribution in [0.3, 0.4) is 0 Å². The second kappa shape index (κ2) is 8.88. The number of aromatic nitrogens is 2. The standard InChI is InChI=1S/C23H27F3N4O2/c1-5-16-6-7-18(12-28-16)29-14-20(22(2,3)4)30(21(29)32)13-19(31)11-17-10-15(8-9-27-17)23(24,25)26/h6-10,12,20H,5,11,13-14H2,1-4H3/t20-/m1/s1. The number of nitrogens with zero attached hydrogens (tertiary/aromatic N) is 4. The summed E-state index contributed by atoms with van der Waals surface area (Å²) in [7, 11) is 0. The topological polar surface area (TPSA) is 66.4 Å². The third-order valence-corrected chi connectivity index (χ3v) is 5.56. The highest BCUT2D eigenvalue weighted by molar-refractivity contribution is 5.97. The molecule has 2 aromatic rings. The molecule has 0 N–H and O–H groups in total. The molecule has 0 saturated carbocycles. The second-order valence-corrected chi connectivity index (χ2v) is 9.01. The third-order valence-electron chi connectivity index (χ3n) is 5.56. The van der Waals surface area contributed by atoms with Crippen molar-refractivity contribution in [3.05, 3.63) is 53.6 Å². The number of Topliss-reactive ketones (excluding diaryl/α,β-unsaturated/α-hetero) is 1. The molecule has 0 unspecified atom stereocenters. The summed E-state index contributed by atoms with van der Waals surface area (Å²) >= 11 is 0. The number of carbonyl (C=O) groups excluding carboxylic acids is 2. The summed E-state index contributed by atoms with van der Waals surface area (Å²) < 4.78 is 38.8. The van der Waals surface area contributed by atoms with Crippen LogP contribution in [0, 0.1) is 5.41 Å². The van der Waals surface area contributed by atoms with Gasteiger partial charge in [-0.3, -0.25) is 19.7 Å². The van der Waals surface area contributed by atoms with Crippen LogP contribution in [0.1, 0.15) is 44.6 Å². The van der Waals surface area contributed by atoms with Crippen molar-refractivity contribution in [3.63, 3.8) is 0 Å². The normalized spacial score (nSPS) is 17.2. The number of hydrogen-bond acceptors (Lipinski definition) is 4. The molecule has 2 amide bonds.